The molecule has 0 atom stereocenters. The molecule has 2 aromatic rings. The van der Waals surface area contributed by atoms with Crippen LogP contribution in [-0.2, 0) is 19.3 Å². The fourth-order valence-electron chi connectivity index (χ4n) is 2.66. The first kappa shape index (κ1) is 20.4. The number of rotatable bonds is 6. The third-order valence-electron chi connectivity index (χ3n) is 3.99. The zero-order valence-corrected chi connectivity index (χ0v) is 15.3. The zero-order valence-electron chi connectivity index (χ0n) is 15.3. The Morgan fingerprint density at radius 3 is 2.33 bits per heavy atom. The highest BCUT2D eigenvalue weighted by Crippen LogP contribution is 2.32. The molecule has 0 saturated heterocycles. The number of urea groups is 1. The van der Waals surface area contributed by atoms with Crippen molar-refractivity contribution in [3.63, 3.8) is 0 Å². The summed E-state index contributed by atoms with van der Waals surface area (Å²) in [6.07, 6.45) is -4.47. The van der Waals surface area contributed by atoms with Crippen LogP contribution in [0, 0.1) is 0 Å². The Balaban J connectivity index is 2.06. The van der Waals surface area contributed by atoms with Crippen molar-refractivity contribution in [2.24, 2.45) is 0 Å². The van der Waals surface area contributed by atoms with E-state index < -0.39 is 17.8 Å². The minimum atomic E-state index is -4.47. The second-order valence-corrected chi connectivity index (χ2v) is 5.82. The van der Waals surface area contributed by atoms with Gasteiger partial charge in [0.05, 0.1) is 19.8 Å². The number of benzene rings is 2. The lowest BCUT2D eigenvalue weighted by Crippen LogP contribution is -2.36. The van der Waals surface area contributed by atoms with Crippen molar-refractivity contribution in [2.75, 3.05) is 21.3 Å². The summed E-state index contributed by atoms with van der Waals surface area (Å²) in [7, 11) is 4.43. The first-order chi connectivity index (χ1) is 12.8. The summed E-state index contributed by atoms with van der Waals surface area (Å²) in [6, 6.07) is 9.94. The predicted octanol–water partition coefficient (Wildman–Crippen LogP) is 4.06. The van der Waals surface area contributed by atoms with Crippen LogP contribution in [0.5, 0.6) is 11.5 Å². The molecule has 1 N–H and O–H groups in total. The van der Waals surface area contributed by atoms with Gasteiger partial charge in [0.15, 0.2) is 11.5 Å². The molecule has 0 saturated carbocycles. The number of para-hydroxylation sites is 1. The highest BCUT2D eigenvalue weighted by Gasteiger charge is 2.33. The number of hydrogen-bond donors (Lipinski definition) is 1. The standard InChI is InChI=1S/C19H21F3N2O3/c1-24(12-14-7-4-5-9-15(14)19(20,21)22)18(25)23-11-13-8-6-10-16(26-2)17(13)27-3/h4-10H,11-12H2,1-3H3,(H,23,25). The lowest BCUT2D eigenvalue weighted by Gasteiger charge is -2.21. The van der Waals surface area contributed by atoms with Gasteiger partial charge in [-0.05, 0) is 17.7 Å². The molecule has 0 bridgehead atoms. The summed E-state index contributed by atoms with van der Waals surface area (Å²) in [4.78, 5) is 13.5. The Morgan fingerprint density at radius 1 is 1.04 bits per heavy atom. The van der Waals surface area contributed by atoms with Gasteiger partial charge in [-0.15, -0.1) is 0 Å². The van der Waals surface area contributed by atoms with E-state index in [1.54, 1.807) is 18.2 Å². The summed E-state index contributed by atoms with van der Waals surface area (Å²) in [5.74, 6) is 1.02. The molecule has 146 valence electrons. The molecule has 2 rings (SSSR count). The van der Waals surface area contributed by atoms with Crippen molar-refractivity contribution in [1.29, 1.82) is 0 Å². The molecule has 8 heteroatoms. The van der Waals surface area contributed by atoms with E-state index in [0.717, 1.165) is 6.07 Å². The number of ether oxygens (including phenoxy) is 2. The number of nitrogens with zero attached hydrogens (tertiary/aromatic N) is 1. The van der Waals surface area contributed by atoms with Crippen molar-refractivity contribution in [3.05, 3.63) is 59.2 Å². The lowest BCUT2D eigenvalue weighted by molar-refractivity contribution is -0.138. The van der Waals surface area contributed by atoms with Gasteiger partial charge in [-0.25, -0.2) is 4.79 Å². The molecule has 27 heavy (non-hydrogen) atoms. The average molecular weight is 382 g/mol. The highest BCUT2D eigenvalue weighted by molar-refractivity contribution is 5.74. The molecule has 2 amide bonds. The summed E-state index contributed by atoms with van der Waals surface area (Å²) in [5, 5.41) is 2.67. The second-order valence-electron chi connectivity index (χ2n) is 5.82. The third-order valence-corrected chi connectivity index (χ3v) is 3.99. The summed E-state index contributed by atoms with van der Waals surface area (Å²) >= 11 is 0. The average Bonchev–Trinajstić information content (AvgIpc) is 2.65. The monoisotopic (exact) mass is 382 g/mol. The second kappa shape index (κ2) is 8.66. The van der Waals surface area contributed by atoms with E-state index in [4.69, 9.17) is 9.47 Å². The van der Waals surface area contributed by atoms with Crippen molar-refractivity contribution < 1.29 is 27.4 Å². The Kier molecular flexibility index (Phi) is 6.55. The predicted molar refractivity (Wildman–Crippen MR) is 94.7 cm³/mol. The first-order valence-electron chi connectivity index (χ1n) is 8.11. The zero-order chi connectivity index (χ0) is 20.0. The van der Waals surface area contributed by atoms with E-state index >= 15 is 0 Å². The van der Waals surface area contributed by atoms with Gasteiger partial charge in [-0.2, -0.15) is 13.2 Å². The number of amides is 2. The minimum absolute atomic E-state index is 0.0293. The molecule has 0 aliphatic heterocycles. The van der Waals surface area contributed by atoms with E-state index in [1.807, 2.05) is 0 Å². The van der Waals surface area contributed by atoms with Crippen LogP contribution in [0.1, 0.15) is 16.7 Å². The van der Waals surface area contributed by atoms with Crippen LogP contribution in [0.4, 0.5) is 18.0 Å². The normalized spacial score (nSPS) is 11.0. The van der Waals surface area contributed by atoms with Crippen LogP contribution >= 0.6 is 0 Å². The van der Waals surface area contributed by atoms with Crippen LogP contribution < -0.4 is 14.8 Å². The molecule has 0 aromatic heterocycles. The molecule has 0 unspecified atom stereocenters. The Bertz CT molecular complexity index is 794. The van der Waals surface area contributed by atoms with Crippen LogP contribution in [0.15, 0.2) is 42.5 Å². The van der Waals surface area contributed by atoms with Gasteiger partial charge < -0.3 is 19.7 Å². The molecule has 0 aliphatic carbocycles. The van der Waals surface area contributed by atoms with Gasteiger partial charge in [0.1, 0.15) is 0 Å². The minimum Gasteiger partial charge on any atom is -0.493 e. The molecule has 2 aromatic carbocycles. The lowest BCUT2D eigenvalue weighted by atomic mass is 10.1. The molecule has 5 nitrogen and oxygen atoms in total. The largest absolute Gasteiger partial charge is 0.493 e. The smallest absolute Gasteiger partial charge is 0.416 e. The van der Waals surface area contributed by atoms with Crippen LogP contribution in [-0.4, -0.2) is 32.2 Å². The fourth-order valence-corrected chi connectivity index (χ4v) is 2.66. The number of halogens is 3. The number of carbonyl (C=O) groups is 1. The first-order valence-corrected chi connectivity index (χ1v) is 8.11. The molecular weight excluding hydrogens is 361 g/mol. The maximum absolute atomic E-state index is 13.1. The number of nitrogens with one attached hydrogen (secondary N) is 1. The van der Waals surface area contributed by atoms with Crippen LogP contribution in [0.3, 0.4) is 0 Å². The maximum Gasteiger partial charge on any atom is 0.416 e. The van der Waals surface area contributed by atoms with E-state index in [2.05, 4.69) is 5.32 Å². The van der Waals surface area contributed by atoms with Crippen molar-refractivity contribution >= 4 is 6.03 Å². The van der Waals surface area contributed by atoms with Gasteiger partial charge in [0.25, 0.3) is 0 Å². The van der Waals surface area contributed by atoms with Gasteiger partial charge in [0.2, 0.25) is 0 Å². The number of hydrogen-bond acceptors (Lipinski definition) is 3. The topological polar surface area (TPSA) is 50.8 Å². The summed E-state index contributed by atoms with van der Waals surface area (Å²) in [6.45, 7) is -0.0266. The van der Waals surface area contributed by atoms with Gasteiger partial charge >= 0.3 is 12.2 Å². The molecule has 0 radical (unpaired) electrons. The number of alkyl halides is 3. The highest BCUT2D eigenvalue weighted by atomic mass is 19.4. The number of carbonyl (C=O) groups excluding carboxylic acids is 1. The van der Waals surface area contributed by atoms with Crippen molar-refractivity contribution in [3.8, 4) is 11.5 Å². The molecular formula is C19H21F3N2O3. The van der Waals surface area contributed by atoms with Crippen LogP contribution in [0.2, 0.25) is 0 Å². The molecule has 0 fully saturated rings. The SMILES string of the molecule is COc1cccc(CNC(=O)N(C)Cc2ccccc2C(F)(F)F)c1OC. The van der Waals surface area contributed by atoms with Gasteiger partial charge in [0, 0.05) is 25.7 Å². The van der Waals surface area contributed by atoms with E-state index in [1.165, 1.54) is 44.4 Å². The molecule has 0 aliphatic rings. The summed E-state index contributed by atoms with van der Waals surface area (Å²) in [5.41, 5.74) is -0.0324. The molecule has 0 heterocycles. The van der Waals surface area contributed by atoms with E-state index in [-0.39, 0.29) is 18.7 Å². The Morgan fingerprint density at radius 2 is 1.70 bits per heavy atom. The van der Waals surface area contributed by atoms with Crippen LogP contribution in [0.25, 0.3) is 0 Å². The van der Waals surface area contributed by atoms with E-state index in [0.29, 0.717) is 17.1 Å². The third kappa shape index (κ3) is 5.06. The molecule has 0 spiro atoms. The fraction of sp³-hybridized carbons (Fsp3) is 0.316. The quantitative estimate of drug-likeness (QED) is 0.820. The van der Waals surface area contributed by atoms with Crippen molar-refractivity contribution in [1.82, 2.24) is 10.2 Å². The number of methoxy groups -OCH3 is 2. The maximum atomic E-state index is 13.1. The van der Waals surface area contributed by atoms with E-state index in [9.17, 15) is 18.0 Å². The summed E-state index contributed by atoms with van der Waals surface area (Å²) < 4.78 is 49.7. The van der Waals surface area contributed by atoms with Gasteiger partial charge in [-0.3, -0.25) is 0 Å². The van der Waals surface area contributed by atoms with Gasteiger partial charge in [-0.1, -0.05) is 30.3 Å². The Hall–Kier alpha value is -2.90. The Labute approximate surface area is 155 Å². The van der Waals surface area contributed by atoms with Crippen molar-refractivity contribution in [2.45, 2.75) is 19.3 Å².